The van der Waals surface area contributed by atoms with Crippen LogP contribution in [0, 0.1) is 5.92 Å². The molecule has 2 aliphatic heterocycles. The number of carbonyl (C=O) groups excluding carboxylic acids is 1. The molecule has 0 saturated carbocycles. The summed E-state index contributed by atoms with van der Waals surface area (Å²) in [6.07, 6.45) is 4.86. The molecule has 0 aromatic rings. The van der Waals surface area contributed by atoms with Crippen molar-refractivity contribution in [2.45, 2.75) is 57.2 Å². The summed E-state index contributed by atoms with van der Waals surface area (Å²) in [7, 11) is 1.69. The Balaban J connectivity index is 1.92. The molecule has 0 radical (unpaired) electrons. The Hall–Kier alpha value is -0.610. The van der Waals surface area contributed by atoms with Gasteiger partial charge in [-0.1, -0.05) is 6.92 Å². The first-order chi connectivity index (χ1) is 8.11. The second kappa shape index (κ2) is 5.36. The van der Waals surface area contributed by atoms with Crippen LogP contribution >= 0.6 is 0 Å². The maximum absolute atomic E-state index is 12.3. The summed E-state index contributed by atoms with van der Waals surface area (Å²) in [6, 6.07) is 1.12. The van der Waals surface area contributed by atoms with E-state index in [2.05, 4.69) is 11.8 Å². The number of ether oxygens (including phenoxy) is 1. The van der Waals surface area contributed by atoms with Crippen molar-refractivity contribution in [3.05, 3.63) is 0 Å². The molecule has 2 heterocycles. The monoisotopic (exact) mass is 240 g/mol. The van der Waals surface area contributed by atoms with Crippen molar-refractivity contribution < 1.29 is 9.53 Å². The molecule has 2 fully saturated rings. The molecule has 2 aliphatic rings. The van der Waals surface area contributed by atoms with Gasteiger partial charge in [0.25, 0.3) is 0 Å². The van der Waals surface area contributed by atoms with Gasteiger partial charge in [-0.15, -0.1) is 0 Å². The van der Waals surface area contributed by atoms with Crippen molar-refractivity contribution >= 4 is 5.91 Å². The number of fused-ring (bicyclic) bond motifs is 2. The molecule has 2 N–H and O–H groups in total. The van der Waals surface area contributed by atoms with E-state index in [-0.39, 0.29) is 0 Å². The lowest BCUT2D eigenvalue weighted by atomic mass is 9.96. The van der Waals surface area contributed by atoms with E-state index in [1.807, 2.05) is 0 Å². The van der Waals surface area contributed by atoms with Gasteiger partial charge in [0.15, 0.2) is 0 Å². The molecule has 3 atom stereocenters. The summed E-state index contributed by atoms with van der Waals surface area (Å²) in [5.74, 6) is 0.608. The number of hydrogen-bond acceptors (Lipinski definition) is 3. The largest absolute Gasteiger partial charge is 0.384 e. The van der Waals surface area contributed by atoms with Crippen LogP contribution in [-0.4, -0.2) is 42.6 Å². The fourth-order valence-electron chi connectivity index (χ4n) is 3.37. The second-order valence-corrected chi connectivity index (χ2v) is 5.68. The first kappa shape index (κ1) is 12.8. The highest BCUT2D eigenvalue weighted by atomic mass is 16.5. The SMILES string of the molecule is COCC(C)CC(=O)N1C2CCC1CC(N)C2. The fraction of sp³-hybridized carbons (Fsp3) is 0.923. The standard InChI is InChI=1S/C13H24N2O2/c1-9(8-17-2)5-13(16)15-11-3-4-12(15)7-10(14)6-11/h9-12H,3-8,14H2,1-2H3. The third kappa shape index (κ3) is 2.80. The molecule has 0 aliphatic carbocycles. The Bertz CT molecular complexity index is 269. The molecule has 4 heteroatoms. The van der Waals surface area contributed by atoms with Gasteiger partial charge >= 0.3 is 0 Å². The van der Waals surface area contributed by atoms with E-state index >= 15 is 0 Å². The van der Waals surface area contributed by atoms with Crippen molar-refractivity contribution in [3.8, 4) is 0 Å². The van der Waals surface area contributed by atoms with Gasteiger partial charge in [-0.25, -0.2) is 0 Å². The number of nitrogens with two attached hydrogens (primary N) is 1. The minimum absolute atomic E-state index is 0.299. The third-order valence-corrected chi connectivity index (χ3v) is 4.03. The smallest absolute Gasteiger partial charge is 0.223 e. The fourth-order valence-corrected chi connectivity index (χ4v) is 3.37. The first-order valence-electron chi connectivity index (χ1n) is 6.67. The zero-order valence-electron chi connectivity index (χ0n) is 10.9. The van der Waals surface area contributed by atoms with Gasteiger partial charge in [0.1, 0.15) is 0 Å². The molecular weight excluding hydrogens is 216 g/mol. The van der Waals surface area contributed by atoms with Gasteiger partial charge in [0.05, 0.1) is 0 Å². The predicted molar refractivity (Wildman–Crippen MR) is 66.5 cm³/mol. The van der Waals surface area contributed by atoms with Gasteiger partial charge in [-0.05, 0) is 31.6 Å². The van der Waals surface area contributed by atoms with Gasteiger partial charge < -0.3 is 15.4 Å². The number of amides is 1. The molecule has 4 nitrogen and oxygen atoms in total. The Morgan fingerprint density at radius 2 is 2.00 bits per heavy atom. The van der Waals surface area contributed by atoms with Crippen LogP contribution in [0.1, 0.15) is 39.0 Å². The van der Waals surface area contributed by atoms with E-state index in [0.29, 0.717) is 43.0 Å². The topological polar surface area (TPSA) is 55.6 Å². The first-order valence-corrected chi connectivity index (χ1v) is 6.67. The van der Waals surface area contributed by atoms with Crippen molar-refractivity contribution in [2.24, 2.45) is 11.7 Å². The summed E-state index contributed by atoms with van der Waals surface area (Å²) in [5.41, 5.74) is 6.01. The van der Waals surface area contributed by atoms with Crippen LogP contribution in [0.3, 0.4) is 0 Å². The quantitative estimate of drug-likeness (QED) is 0.801. The molecule has 2 saturated heterocycles. The molecule has 1 amide bonds. The summed E-state index contributed by atoms with van der Waals surface area (Å²) in [5, 5.41) is 0. The summed E-state index contributed by atoms with van der Waals surface area (Å²) in [4.78, 5) is 14.4. The zero-order valence-corrected chi connectivity index (χ0v) is 10.9. The predicted octanol–water partition coefficient (Wildman–Crippen LogP) is 1.14. The summed E-state index contributed by atoms with van der Waals surface area (Å²) < 4.78 is 5.09. The molecule has 17 heavy (non-hydrogen) atoms. The van der Waals surface area contributed by atoms with Crippen molar-refractivity contribution in [1.82, 2.24) is 4.90 Å². The molecular formula is C13H24N2O2. The lowest BCUT2D eigenvalue weighted by Gasteiger charge is -2.38. The Morgan fingerprint density at radius 3 is 2.53 bits per heavy atom. The maximum atomic E-state index is 12.3. The maximum Gasteiger partial charge on any atom is 0.223 e. The van der Waals surface area contributed by atoms with Crippen LogP contribution in [0.5, 0.6) is 0 Å². The Morgan fingerprint density at radius 1 is 1.41 bits per heavy atom. The highest BCUT2D eigenvalue weighted by Crippen LogP contribution is 2.35. The highest BCUT2D eigenvalue weighted by molar-refractivity contribution is 5.77. The van der Waals surface area contributed by atoms with Gasteiger partial charge in [0.2, 0.25) is 5.91 Å². The Labute approximate surface area is 103 Å². The number of carbonyl (C=O) groups is 1. The summed E-state index contributed by atoms with van der Waals surface area (Å²) >= 11 is 0. The van der Waals surface area contributed by atoms with E-state index in [1.54, 1.807) is 7.11 Å². The van der Waals surface area contributed by atoms with Crippen LogP contribution in [0.4, 0.5) is 0 Å². The number of methoxy groups -OCH3 is 1. The molecule has 2 bridgehead atoms. The second-order valence-electron chi connectivity index (χ2n) is 5.68. The van der Waals surface area contributed by atoms with Gasteiger partial charge in [-0.2, -0.15) is 0 Å². The van der Waals surface area contributed by atoms with Crippen LogP contribution in [-0.2, 0) is 9.53 Å². The van der Waals surface area contributed by atoms with Crippen molar-refractivity contribution in [1.29, 1.82) is 0 Å². The molecule has 0 aromatic carbocycles. The van der Waals surface area contributed by atoms with Crippen molar-refractivity contribution in [3.63, 3.8) is 0 Å². The molecule has 2 rings (SSSR count). The van der Waals surface area contributed by atoms with Crippen molar-refractivity contribution in [2.75, 3.05) is 13.7 Å². The van der Waals surface area contributed by atoms with E-state index < -0.39 is 0 Å². The zero-order chi connectivity index (χ0) is 12.4. The molecule has 0 aromatic heterocycles. The third-order valence-electron chi connectivity index (χ3n) is 4.03. The molecule has 98 valence electrons. The minimum atomic E-state index is 0.299. The van der Waals surface area contributed by atoms with E-state index in [0.717, 1.165) is 25.7 Å². The number of piperidine rings is 1. The van der Waals surface area contributed by atoms with Crippen LogP contribution in [0.2, 0.25) is 0 Å². The van der Waals surface area contributed by atoms with Crippen LogP contribution in [0.15, 0.2) is 0 Å². The molecule has 0 spiro atoms. The van der Waals surface area contributed by atoms with Gasteiger partial charge in [0, 0.05) is 38.3 Å². The van der Waals surface area contributed by atoms with E-state index in [4.69, 9.17) is 10.5 Å². The van der Waals surface area contributed by atoms with Crippen LogP contribution < -0.4 is 5.73 Å². The number of nitrogens with zero attached hydrogens (tertiary/aromatic N) is 1. The van der Waals surface area contributed by atoms with E-state index in [1.165, 1.54) is 0 Å². The minimum Gasteiger partial charge on any atom is -0.384 e. The number of hydrogen-bond donors (Lipinski definition) is 1. The van der Waals surface area contributed by atoms with Crippen LogP contribution in [0.25, 0.3) is 0 Å². The average molecular weight is 240 g/mol. The highest BCUT2D eigenvalue weighted by Gasteiger charge is 2.42. The lowest BCUT2D eigenvalue weighted by Crippen LogP contribution is -2.50. The van der Waals surface area contributed by atoms with E-state index in [9.17, 15) is 4.79 Å². The lowest BCUT2D eigenvalue weighted by molar-refractivity contribution is -0.137. The molecule has 3 unspecified atom stereocenters. The average Bonchev–Trinajstić information content (AvgIpc) is 2.51. The normalized spacial score (nSPS) is 33.8. The van der Waals surface area contributed by atoms with Gasteiger partial charge in [-0.3, -0.25) is 4.79 Å². The summed E-state index contributed by atoms with van der Waals surface area (Å²) in [6.45, 7) is 2.73. The Kier molecular flexibility index (Phi) is 4.05. The number of rotatable bonds is 4.